The first-order valence-electron chi connectivity index (χ1n) is 7.81. The van der Waals surface area contributed by atoms with Crippen molar-refractivity contribution in [2.45, 2.75) is 23.6 Å². The molecule has 0 aliphatic heterocycles. The summed E-state index contributed by atoms with van der Waals surface area (Å²) >= 11 is 0. The van der Waals surface area contributed by atoms with Crippen molar-refractivity contribution in [1.29, 1.82) is 0 Å². The highest BCUT2D eigenvalue weighted by Gasteiger charge is 2.18. The van der Waals surface area contributed by atoms with Gasteiger partial charge in [-0.1, -0.05) is 22.9 Å². The van der Waals surface area contributed by atoms with E-state index < -0.39 is 20.0 Å². The van der Waals surface area contributed by atoms with Gasteiger partial charge in [-0.2, -0.15) is 0 Å². The van der Waals surface area contributed by atoms with Gasteiger partial charge >= 0.3 is 0 Å². The fraction of sp³-hybridized carbons (Fsp3) is 0.118. The van der Waals surface area contributed by atoms with Gasteiger partial charge in [0, 0.05) is 11.8 Å². The first kappa shape index (κ1) is 18.9. The molecule has 8 nitrogen and oxygen atoms in total. The van der Waals surface area contributed by atoms with Crippen LogP contribution in [0.25, 0.3) is 0 Å². The predicted octanol–water partition coefficient (Wildman–Crippen LogP) is 2.89. The highest BCUT2D eigenvalue weighted by molar-refractivity contribution is 7.93. The Morgan fingerprint density at radius 3 is 1.81 bits per heavy atom. The van der Waals surface area contributed by atoms with Gasteiger partial charge in [-0.3, -0.25) is 9.44 Å². The molecule has 0 spiro atoms. The highest BCUT2D eigenvalue weighted by atomic mass is 32.2. The average molecular weight is 407 g/mol. The Balaban J connectivity index is 1.77. The molecule has 2 N–H and O–H groups in total. The van der Waals surface area contributed by atoms with E-state index in [0.29, 0.717) is 5.76 Å². The topological polar surface area (TPSA) is 118 Å². The van der Waals surface area contributed by atoms with Crippen molar-refractivity contribution < 1.29 is 21.4 Å². The molecule has 0 aliphatic carbocycles. The number of nitrogens with one attached hydrogen (secondary N) is 2. The molecular formula is C17H17N3O5S2. The van der Waals surface area contributed by atoms with Crippen LogP contribution in [0.3, 0.4) is 0 Å². The van der Waals surface area contributed by atoms with Crippen LogP contribution in [-0.2, 0) is 20.0 Å². The van der Waals surface area contributed by atoms with Crippen LogP contribution in [0.4, 0.5) is 11.5 Å². The summed E-state index contributed by atoms with van der Waals surface area (Å²) in [6.07, 6.45) is 0. The van der Waals surface area contributed by atoms with Gasteiger partial charge in [-0.25, -0.2) is 16.8 Å². The molecule has 1 aromatic heterocycles. The molecular weight excluding hydrogens is 390 g/mol. The molecule has 0 bridgehead atoms. The Labute approximate surface area is 157 Å². The number of hydrogen-bond donors (Lipinski definition) is 2. The molecule has 0 fully saturated rings. The minimum atomic E-state index is -3.87. The fourth-order valence-corrected chi connectivity index (χ4v) is 4.29. The summed E-state index contributed by atoms with van der Waals surface area (Å²) in [5.74, 6) is 0.533. The van der Waals surface area contributed by atoms with Crippen molar-refractivity contribution in [3.63, 3.8) is 0 Å². The summed E-state index contributed by atoms with van der Waals surface area (Å²) in [6.45, 7) is 3.50. The van der Waals surface area contributed by atoms with Gasteiger partial charge < -0.3 is 4.52 Å². The molecule has 10 heteroatoms. The maximum atomic E-state index is 12.4. The Kier molecular flexibility index (Phi) is 4.94. The lowest BCUT2D eigenvalue weighted by atomic mass is 10.2. The molecule has 3 aromatic rings. The van der Waals surface area contributed by atoms with E-state index in [-0.39, 0.29) is 21.3 Å². The third kappa shape index (κ3) is 4.47. The minimum Gasteiger partial charge on any atom is -0.360 e. The zero-order chi connectivity index (χ0) is 19.7. The van der Waals surface area contributed by atoms with E-state index in [2.05, 4.69) is 14.6 Å². The molecule has 0 atom stereocenters. The summed E-state index contributed by atoms with van der Waals surface area (Å²) in [5, 5.41) is 3.58. The maximum absolute atomic E-state index is 12.4. The number of anilines is 2. The number of sulfonamides is 2. The van der Waals surface area contributed by atoms with Crippen molar-refractivity contribution in [2.75, 3.05) is 9.44 Å². The van der Waals surface area contributed by atoms with Crippen molar-refractivity contribution >= 4 is 31.6 Å². The normalized spacial score (nSPS) is 11.9. The number of rotatable bonds is 6. The third-order valence-corrected chi connectivity index (χ3v) is 6.38. The van der Waals surface area contributed by atoms with Crippen molar-refractivity contribution in [3.05, 3.63) is 65.9 Å². The van der Waals surface area contributed by atoms with Crippen LogP contribution in [0.15, 0.2) is 68.9 Å². The lowest BCUT2D eigenvalue weighted by Gasteiger charge is -2.10. The number of nitrogens with zero attached hydrogens (tertiary/aromatic N) is 1. The molecule has 27 heavy (non-hydrogen) atoms. The number of hydrogen-bond acceptors (Lipinski definition) is 6. The van der Waals surface area contributed by atoms with Crippen LogP contribution in [0.2, 0.25) is 0 Å². The Hall–Kier alpha value is -2.85. The quantitative estimate of drug-likeness (QED) is 0.649. The van der Waals surface area contributed by atoms with E-state index in [1.54, 1.807) is 19.1 Å². The molecule has 3 rings (SSSR count). The number of aryl methyl sites for hydroxylation is 2. The second kappa shape index (κ2) is 7.05. The first-order chi connectivity index (χ1) is 12.7. The van der Waals surface area contributed by atoms with Gasteiger partial charge in [-0.05, 0) is 50.2 Å². The lowest BCUT2D eigenvalue weighted by Crippen LogP contribution is -2.14. The Bertz CT molecular complexity index is 1150. The predicted molar refractivity (Wildman–Crippen MR) is 100 cm³/mol. The smallest absolute Gasteiger partial charge is 0.263 e. The van der Waals surface area contributed by atoms with Gasteiger partial charge in [0.2, 0.25) is 0 Å². The van der Waals surface area contributed by atoms with Crippen molar-refractivity contribution in [1.82, 2.24) is 5.16 Å². The third-order valence-electron chi connectivity index (χ3n) is 3.62. The largest absolute Gasteiger partial charge is 0.360 e. The van der Waals surface area contributed by atoms with Crippen LogP contribution in [-0.4, -0.2) is 22.0 Å². The van der Waals surface area contributed by atoms with Crippen molar-refractivity contribution in [3.8, 4) is 0 Å². The minimum absolute atomic E-state index is 0.0403. The van der Waals surface area contributed by atoms with E-state index in [9.17, 15) is 16.8 Å². The fourth-order valence-electron chi connectivity index (χ4n) is 2.24. The van der Waals surface area contributed by atoms with Crippen LogP contribution < -0.4 is 9.44 Å². The van der Waals surface area contributed by atoms with Crippen LogP contribution in [0.1, 0.15) is 11.3 Å². The summed E-state index contributed by atoms with van der Waals surface area (Å²) in [6, 6.07) is 13.2. The van der Waals surface area contributed by atoms with Gasteiger partial charge in [0.25, 0.3) is 20.0 Å². The molecule has 2 aromatic carbocycles. The van der Waals surface area contributed by atoms with E-state index in [1.807, 2.05) is 6.92 Å². The molecule has 0 radical (unpaired) electrons. The SMILES string of the molecule is Cc1ccc(S(=O)(=O)Nc2ccc(S(=O)(=O)Nc3cc(C)on3)cc2)cc1. The number of benzene rings is 2. The van der Waals surface area contributed by atoms with Crippen LogP contribution >= 0.6 is 0 Å². The summed E-state index contributed by atoms with van der Waals surface area (Å²) in [4.78, 5) is 0.0781. The second-order valence-electron chi connectivity index (χ2n) is 5.87. The molecule has 142 valence electrons. The highest BCUT2D eigenvalue weighted by Crippen LogP contribution is 2.20. The monoisotopic (exact) mass is 407 g/mol. The summed E-state index contributed by atoms with van der Waals surface area (Å²) in [5.41, 5.74) is 1.19. The number of aromatic nitrogens is 1. The van der Waals surface area contributed by atoms with Gasteiger partial charge in [0.05, 0.1) is 9.79 Å². The van der Waals surface area contributed by atoms with Gasteiger partial charge in [0.1, 0.15) is 5.76 Å². The zero-order valence-corrected chi connectivity index (χ0v) is 16.1. The standard InChI is InChI=1S/C17H17N3O5S2/c1-12-3-7-15(8-4-12)26(21,22)19-14-5-9-16(10-6-14)27(23,24)20-17-11-13(2)25-18-17/h3-11,19H,1-2H3,(H,18,20). The molecule has 0 amide bonds. The first-order valence-corrected chi connectivity index (χ1v) is 10.8. The lowest BCUT2D eigenvalue weighted by molar-refractivity contribution is 0.400. The van der Waals surface area contributed by atoms with Gasteiger partial charge in [0.15, 0.2) is 5.82 Å². The molecule has 0 unspecified atom stereocenters. The molecule has 1 heterocycles. The maximum Gasteiger partial charge on any atom is 0.263 e. The second-order valence-corrected chi connectivity index (χ2v) is 9.24. The van der Waals surface area contributed by atoms with Gasteiger partial charge in [-0.15, -0.1) is 0 Å². The summed E-state index contributed by atoms with van der Waals surface area (Å²) in [7, 11) is -7.63. The Morgan fingerprint density at radius 1 is 0.778 bits per heavy atom. The molecule has 0 saturated carbocycles. The van der Waals surface area contributed by atoms with E-state index >= 15 is 0 Å². The van der Waals surface area contributed by atoms with Crippen LogP contribution in [0.5, 0.6) is 0 Å². The van der Waals surface area contributed by atoms with E-state index in [1.165, 1.54) is 42.5 Å². The molecule has 0 saturated heterocycles. The van der Waals surface area contributed by atoms with Crippen LogP contribution in [0, 0.1) is 13.8 Å². The van der Waals surface area contributed by atoms with Crippen molar-refractivity contribution in [2.24, 2.45) is 0 Å². The average Bonchev–Trinajstić information content (AvgIpc) is 2.99. The zero-order valence-electron chi connectivity index (χ0n) is 14.5. The summed E-state index contributed by atoms with van der Waals surface area (Å²) < 4.78 is 58.9. The van der Waals surface area contributed by atoms with E-state index in [4.69, 9.17) is 4.52 Å². The van der Waals surface area contributed by atoms with E-state index in [0.717, 1.165) is 5.56 Å². The Morgan fingerprint density at radius 2 is 1.30 bits per heavy atom. The molecule has 0 aliphatic rings.